The number of nitrogens with zero attached hydrogens (tertiary/aromatic N) is 2. The Labute approximate surface area is 111 Å². The zero-order valence-corrected chi connectivity index (χ0v) is 12.0. The lowest BCUT2D eigenvalue weighted by atomic mass is 10.1. The molecule has 3 heteroatoms. The predicted octanol–water partition coefficient (Wildman–Crippen LogP) is 3.02. The minimum atomic E-state index is 0.773. The zero-order chi connectivity index (χ0) is 13.8. The van der Waals surface area contributed by atoms with Gasteiger partial charge in [-0.15, -0.1) is 0 Å². The average molecular weight is 247 g/mol. The van der Waals surface area contributed by atoms with Crippen LogP contribution in [0.2, 0.25) is 0 Å². The molecule has 0 bridgehead atoms. The minimum Gasteiger partial charge on any atom is -0.368 e. The zero-order valence-electron chi connectivity index (χ0n) is 12.0. The normalized spacial score (nSPS) is 13.4. The van der Waals surface area contributed by atoms with Gasteiger partial charge in [0.2, 0.25) is 0 Å². The number of para-hydroxylation sites is 1. The van der Waals surface area contributed by atoms with Crippen LogP contribution in [0, 0.1) is 11.3 Å². The number of nitriles is 1. The first-order valence-corrected chi connectivity index (χ1v) is 6.86. The van der Waals surface area contributed by atoms with Gasteiger partial charge in [-0.1, -0.05) is 39.8 Å². The van der Waals surface area contributed by atoms with E-state index >= 15 is 0 Å². The fourth-order valence-corrected chi connectivity index (χ4v) is 1.75. The fourth-order valence-electron chi connectivity index (χ4n) is 1.75. The van der Waals surface area contributed by atoms with Crippen LogP contribution < -0.4 is 10.2 Å². The van der Waals surface area contributed by atoms with Crippen molar-refractivity contribution in [2.75, 3.05) is 31.1 Å². The summed E-state index contributed by atoms with van der Waals surface area (Å²) in [7, 11) is 0. The molecule has 1 aliphatic rings. The highest BCUT2D eigenvalue weighted by Gasteiger charge is 2.12. The lowest BCUT2D eigenvalue weighted by Crippen LogP contribution is -2.43. The van der Waals surface area contributed by atoms with Gasteiger partial charge < -0.3 is 10.2 Å². The number of rotatable bonds is 1. The van der Waals surface area contributed by atoms with Crippen LogP contribution in [0.1, 0.15) is 33.3 Å². The van der Waals surface area contributed by atoms with E-state index in [1.54, 1.807) is 0 Å². The number of hydrogen-bond acceptors (Lipinski definition) is 3. The third-order valence-corrected chi connectivity index (χ3v) is 2.48. The smallest absolute Gasteiger partial charge is 0.101 e. The van der Waals surface area contributed by atoms with Crippen molar-refractivity contribution < 1.29 is 0 Å². The predicted molar refractivity (Wildman–Crippen MR) is 78.9 cm³/mol. The molecule has 1 aromatic rings. The molecule has 0 aliphatic carbocycles. The van der Waals surface area contributed by atoms with Gasteiger partial charge in [-0.05, 0) is 12.1 Å². The molecule has 1 aromatic carbocycles. The molecule has 0 saturated carbocycles. The van der Waals surface area contributed by atoms with Gasteiger partial charge in [-0.25, -0.2) is 0 Å². The van der Waals surface area contributed by atoms with Crippen LogP contribution in [-0.4, -0.2) is 26.2 Å². The van der Waals surface area contributed by atoms with Crippen molar-refractivity contribution in [1.82, 2.24) is 5.32 Å². The summed E-state index contributed by atoms with van der Waals surface area (Å²) in [5, 5.41) is 12.3. The first-order valence-electron chi connectivity index (χ1n) is 6.86. The monoisotopic (exact) mass is 247 g/mol. The van der Waals surface area contributed by atoms with Crippen molar-refractivity contribution in [1.29, 1.82) is 5.26 Å². The summed E-state index contributed by atoms with van der Waals surface area (Å²) in [5.41, 5.74) is 1.84. The maximum atomic E-state index is 8.96. The summed E-state index contributed by atoms with van der Waals surface area (Å²) >= 11 is 0. The van der Waals surface area contributed by atoms with E-state index in [1.807, 2.05) is 52.0 Å². The van der Waals surface area contributed by atoms with Crippen LogP contribution in [0.5, 0.6) is 0 Å². The number of anilines is 1. The first-order chi connectivity index (χ1) is 8.92. The van der Waals surface area contributed by atoms with E-state index in [9.17, 15) is 0 Å². The second-order valence-corrected chi connectivity index (χ2v) is 3.37. The summed E-state index contributed by atoms with van der Waals surface area (Å²) in [6.45, 7) is 12.0. The first kappa shape index (κ1) is 16.5. The summed E-state index contributed by atoms with van der Waals surface area (Å²) in [6, 6.07) is 10.0. The van der Waals surface area contributed by atoms with Crippen molar-refractivity contribution in [3.05, 3.63) is 29.8 Å². The van der Waals surface area contributed by atoms with Crippen molar-refractivity contribution >= 4 is 5.69 Å². The molecule has 0 aromatic heterocycles. The second kappa shape index (κ2) is 10.6. The Morgan fingerprint density at radius 3 is 2.17 bits per heavy atom. The average Bonchev–Trinajstić information content (AvgIpc) is 2.52. The SMILES string of the molecule is CC.CC.N#Cc1ccccc1N1CCNCC1. The molecule has 1 aliphatic heterocycles. The standard InChI is InChI=1S/C11H13N3.2C2H6/c12-9-10-3-1-2-4-11(10)14-7-5-13-6-8-14;2*1-2/h1-4,13H,5-8H2;2*1-2H3. The number of nitrogens with one attached hydrogen (secondary N) is 1. The van der Waals surface area contributed by atoms with Gasteiger partial charge in [0, 0.05) is 26.2 Å². The lowest BCUT2D eigenvalue weighted by Gasteiger charge is -2.29. The summed E-state index contributed by atoms with van der Waals surface area (Å²) < 4.78 is 0. The molecular weight excluding hydrogens is 222 g/mol. The molecule has 100 valence electrons. The maximum absolute atomic E-state index is 8.96. The number of piperazine rings is 1. The maximum Gasteiger partial charge on any atom is 0.101 e. The van der Waals surface area contributed by atoms with Crippen LogP contribution in [0.15, 0.2) is 24.3 Å². The van der Waals surface area contributed by atoms with Gasteiger partial charge in [-0.3, -0.25) is 0 Å². The van der Waals surface area contributed by atoms with Crippen LogP contribution in [0.3, 0.4) is 0 Å². The van der Waals surface area contributed by atoms with Gasteiger partial charge >= 0.3 is 0 Å². The van der Waals surface area contributed by atoms with Crippen molar-refractivity contribution in [2.45, 2.75) is 27.7 Å². The number of benzene rings is 1. The fraction of sp³-hybridized carbons (Fsp3) is 0.533. The van der Waals surface area contributed by atoms with Gasteiger partial charge in [0.1, 0.15) is 6.07 Å². The van der Waals surface area contributed by atoms with Crippen LogP contribution in [-0.2, 0) is 0 Å². The van der Waals surface area contributed by atoms with E-state index in [2.05, 4.69) is 16.3 Å². The van der Waals surface area contributed by atoms with Crippen LogP contribution in [0.25, 0.3) is 0 Å². The highest BCUT2D eigenvalue weighted by molar-refractivity contribution is 5.59. The summed E-state index contributed by atoms with van der Waals surface area (Å²) in [6.07, 6.45) is 0. The molecule has 0 radical (unpaired) electrons. The molecule has 0 atom stereocenters. The molecule has 1 fully saturated rings. The second-order valence-electron chi connectivity index (χ2n) is 3.37. The molecule has 2 rings (SSSR count). The van der Waals surface area contributed by atoms with E-state index in [-0.39, 0.29) is 0 Å². The van der Waals surface area contributed by atoms with Crippen LogP contribution >= 0.6 is 0 Å². The van der Waals surface area contributed by atoms with Crippen molar-refractivity contribution in [3.8, 4) is 6.07 Å². The Kier molecular flexibility index (Phi) is 9.71. The molecule has 18 heavy (non-hydrogen) atoms. The number of hydrogen-bond donors (Lipinski definition) is 1. The molecule has 0 spiro atoms. The van der Waals surface area contributed by atoms with E-state index in [0.29, 0.717) is 0 Å². The molecule has 0 unspecified atom stereocenters. The highest BCUT2D eigenvalue weighted by atomic mass is 15.2. The topological polar surface area (TPSA) is 39.1 Å². The Morgan fingerprint density at radius 1 is 1.06 bits per heavy atom. The van der Waals surface area contributed by atoms with Gasteiger partial charge in [0.15, 0.2) is 0 Å². The molecule has 3 nitrogen and oxygen atoms in total. The summed E-state index contributed by atoms with van der Waals surface area (Å²) in [4.78, 5) is 2.26. The lowest BCUT2D eigenvalue weighted by molar-refractivity contribution is 0.589. The van der Waals surface area contributed by atoms with Gasteiger partial charge in [0.25, 0.3) is 0 Å². The molecule has 1 heterocycles. The van der Waals surface area contributed by atoms with Crippen molar-refractivity contribution in [2.24, 2.45) is 0 Å². The highest BCUT2D eigenvalue weighted by Crippen LogP contribution is 2.19. The Morgan fingerprint density at radius 2 is 1.61 bits per heavy atom. The van der Waals surface area contributed by atoms with E-state index in [4.69, 9.17) is 5.26 Å². The third kappa shape index (κ3) is 4.77. The largest absolute Gasteiger partial charge is 0.368 e. The minimum absolute atomic E-state index is 0.773. The molecule has 0 amide bonds. The Hall–Kier alpha value is -1.53. The van der Waals surface area contributed by atoms with Crippen molar-refractivity contribution in [3.63, 3.8) is 0 Å². The van der Waals surface area contributed by atoms with E-state index < -0.39 is 0 Å². The Bertz CT molecular complexity index is 349. The van der Waals surface area contributed by atoms with Crippen LogP contribution in [0.4, 0.5) is 5.69 Å². The molecule has 1 N–H and O–H groups in total. The third-order valence-electron chi connectivity index (χ3n) is 2.48. The van der Waals surface area contributed by atoms with Gasteiger partial charge in [0.05, 0.1) is 11.3 Å². The quantitative estimate of drug-likeness (QED) is 0.829. The summed E-state index contributed by atoms with van der Waals surface area (Å²) in [5.74, 6) is 0. The Balaban J connectivity index is 0.000000659. The van der Waals surface area contributed by atoms with E-state index in [0.717, 1.165) is 37.4 Å². The van der Waals surface area contributed by atoms with Gasteiger partial charge in [-0.2, -0.15) is 5.26 Å². The molecular formula is C15H25N3. The van der Waals surface area contributed by atoms with E-state index in [1.165, 1.54) is 0 Å². The molecule has 1 saturated heterocycles.